The maximum absolute atomic E-state index is 12.0. The van der Waals surface area contributed by atoms with Crippen molar-refractivity contribution in [1.29, 1.82) is 0 Å². The van der Waals surface area contributed by atoms with E-state index < -0.39 is 0 Å². The second kappa shape index (κ2) is 9.34. The summed E-state index contributed by atoms with van der Waals surface area (Å²) in [6, 6.07) is 23.8. The van der Waals surface area contributed by atoms with Crippen LogP contribution in [-0.4, -0.2) is 18.2 Å². The van der Waals surface area contributed by atoms with Crippen molar-refractivity contribution >= 4 is 29.0 Å². The minimum atomic E-state index is -0.368. The lowest BCUT2D eigenvalue weighted by atomic mass is 9.95. The predicted octanol–water partition coefficient (Wildman–Crippen LogP) is 5.17. The van der Waals surface area contributed by atoms with Crippen molar-refractivity contribution in [3.05, 3.63) is 101 Å². The van der Waals surface area contributed by atoms with Crippen LogP contribution in [-0.2, 0) is 4.74 Å². The molecule has 0 radical (unpaired) electrons. The predicted molar refractivity (Wildman–Crippen MR) is 121 cm³/mol. The Balaban J connectivity index is 1.87. The second-order valence-electron chi connectivity index (χ2n) is 6.77. The molecule has 4 nitrogen and oxygen atoms in total. The highest BCUT2D eigenvalue weighted by Gasteiger charge is 2.18. The molecular weight excluding hydrogens is 380 g/mol. The van der Waals surface area contributed by atoms with Crippen LogP contribution in [0.25, 0.3) is 0 Å². The van der Waals surface area contributed by atoms with Crippen LogP contribution >= 0.6 is 12.2 Å². The Morgan fingerprint density at radius 1 is 0.931 bits per heavy atom. The van der Waals surface area contributed by atoms with Crippen molar-refractivity contribution in [3.63, 3.8) is 0 Å². The van der Waals surface area contributed by atoms with Crippen molar-refractivity contribution in [2.45, 2.75) is 19.9 Å². The Hall–Kier alpha value is -3.18. The third-order valence-electron chi connectivity index (χ3n) is 4.90. The SMILES string of the molecule is COC(=O)c1cccc(NC(=S)N[C@H](c2ccccc2)c2ccccc2C)c1C. The summed E-state index contributed by atoms with van der Waals surface area (Å²) in [7, 11) is 1.38. The molecular formula is C24H24N2O2S. The first kappa shape index (κ1) is 20.6. The maximum Gasteiger partial charge on any atom is 0.338 e. The number of benzene rings is 3. The van der Waals surface area contributed by atoms with Gasteiger partial charge in [0.15, 0.2) is 5.11 Å². The third kappa shape index (κ3) is 4.81. The van der Waals surface area contributed by atoms with E-state index >= 15 is 0 Å². The van der Waals surface area contributed by atoms with E-state index in [9.17, 15) is 4.79 Å². The van der Waals surface area contributed by atoms with Crippen LogP contribution in [0.1, 0.15) is 38.7 Å². The fraction of sp³-hybridized carbons (Fsp3) is 0.167. The molecule has 0 fully saturated rings. The standard InChI is InChI=1S/C24H24N2O2S/c1-16-10-7-8-13-19(16)22(18-11-5-4-6-12-18)26-24(29)25-21-15-9-14-20(17(21)2)23(27)28-3/h4-15,22H,1-3H3,(H2,25,26,29)/t22-/m1/s1. The van der Waals surface area contributed by atoms with Crippen molar-refractivity contribution in [3.8, 4) is 0 Å². The Labute approximate surface area is 176 Å². The molecule has 0 aromatic heterocycles. The summed E-state index contributed by atoms with van der Waals surface area (Å²) in [6.45, 7) is 3.96. The molecule has 0 saturated carbocycles. The number of hydrogen-bond acceptors (Lipinski definition) is 3. The van der Waals surface area contributed by atoms with Gasteiger partial charge >= 0.3 is 5.97 Å². The van der Waals surface area contributed by atoms with E-state index in [4.69, 9.17) is 17.0 Å². The summed E-state index contributed by atoms with van der Waals surface area (Å²) in [4.78, 5) is 12.0. The number of thiocarbonyl (C=S) groups is 1. The first-order valence-corrected chi connectivity index (χ1v) is 9.78. The van der Waals surface area contributed by atoms with Gasteiger partial charge in [0, 0.05) is 5.69 Å². The minimum Gasteiger partial charge on any atom is -0.465 e. The normalized spacial score (nSPS) is 11.4. The number of methoxy groups -OCH3 is 1. The first-order valence-electron chi connectivity index (χ1n) is 9.37. The van der Waals surface area contributed by atoms with Crippen LogP contribution < -0.4 is 10.6 Å². The van der Waals surface area contributed by atoms with Crippen molar-refractivity contribution in [2.24, 2.45) is 0 Å². The van der Waals surface area contributed by atoms with Gasteiger partial charge in [0.2, 0.25) is 0 Å². The Morgan fingerprint density at radius 2 is 1.62 bits per heavy atom. The molecule has 1 atom stereocenters. The molecule has 0 amide bonds. The molecule has 0 bridgehead atoms. The van der Waals surface area contributed by atoms with Crippen molar-refractivity contribution in [2.75, 3.05) is 12.4 Å². The summed E-state index contributed by atoms with van der Waals surface area (Å²) >= 11 is 5.61. The van der Waals surface area contributed by atoms with Gasteiger partial charge in [0.05, 0.1) is 18.7 Å². The van der Waals surface area contributed by atoms with Gasteiger partial charge in [0.25, 0.3) is 0 Å². The lowest BCUT2D eigenvalue weighted by Crippen LogP contribution is -2.33. The molecule has 0 aliphatic carbocycles. The molecule has 2 N–H and O–H groups in total. The van der Waals surface area contributed by atoms with Gasteiger partial charge in [-0.05, 0) is 60.5 Å². The fourth-order valence-corrected chi connectivity index (χ4v) is 3.52. The third-order valence-corrected chi connectivity index (χ3v) is 5.12. The summed E-state index contributed by atoms with van der Waals surface area (Å²) in [5.74, 6) is -0.368. The smallest absolute Gasteiger partial charge is 0.338 e. The number of ether oxygens (including phenoxy) is 1. The molecule has 3 aromatic rings. The van der Waals surface area contributed by atoms with Crippen LogP contribution in [0.3, 0.4) is 0 Å². The first-order chi connectivity index (χ1) is 14.0. The largest absolute Gasteiger partial charge is 0.465 e. The number of esters is 1. The van der Waals surface area contributed by atoms with Crippen LogP contribution in [0.4, 0.5) is 5.69 Å². The Bertz CT molecular complexity index is 1020. The molecule has 3 rings (SSSR count). The quantitative estimate of drug-likeness (QED) is 0.454. The maximum atomic E-state index is 12.0. The van der Waals surface area contributed by atoms with E-state index in [0.717, 1.165) is 22.4 Å². The summed E-state index contributed by atoms with van der Waals surface area (Å²) < 4.78 is 4.86. The van der Waals surface area contributed by atoms with Gasteiger partial charge in [-0.2, -0.15) is 0 Å². The number of carbonyl (C=O) groups is 1. The number of rotatable bonds is 5. The molecule has 0 aliphatic heterocycles. The monoisotopic (exact) mass is 404 g/mol. The topological polar surface area (TPSA) is 50.4 Å². The molecule has 29 heavy (non-hydrogen) atoms. The zero-order chi connectivity index (χ0) is 20.8. The number of nitrogens with one attached hydrogen (secondary N) is 2. The van der Waals surface area contributed by atoms with Gasteiger partial charge in [-0.15, -0.1) is 0 Å². The number of hydrogen-bond donors (Lipinski definition) is 2. The molecule has 0 saturated heterocycles. The molecule has 0 heterocycles. The van der Waals surface area contributed by atoms with Crippen LogP contribution in [0, 0.1) is 13.8 Å². The lowest BCUT2D eigenvalue weighted by Gasteiger charge is -2.24. The van der Waals surface area contributed by atoms with Gasteiger partial charge in [0.1, 0.15) is 0 Å². The van der Waals surface area contributed by atoms with E-state index in [1.807, 2.05) is 43.3 Å². The van der Waals surface area contributed by atoms with Gasteiger partial charge in [-0.25, -0.2) is 4.79 Å². The van der Waals surface area contributed by atoms with Crippen LogP contribution in [0.5, 0.6) is 0 Å². The van der Waals surface area contributed by atoms with Gasteiger partial charge < -0.3 is 15.4 Å². The summed E-state index contributed by atoms with van der Waals surface area (Å²) in [6.07, 6.45) is 0. The molecule has 0 unspecified atom stereocenters. The number of anilines is 1. The zero-order valence-electron chi connectivity index (χ0n) is 16.7. The number of carbonyl (C=O) groups excluding carboxylic acids is 1. The number of aryl methyl sites for hydroxylation is 1. The van der Waals surface area contributed by atoms with Gasteiger partial charge in [-0.3, -0.25) is 0 Å². The van der Waals surface area contributed by atoms with Gasteiger partial charge in [-0.1, -0.05) is 60.7 Å². The molecule has 0 spiro atoms. The van der Waals surface area contributed by atoms with Crippen molar-refractivity contribution in [1.82, 2.24) is 5.32 Å². The highest BCUT2D eigenvalue weighted by atomic mass is 32.1. The molecule has 5 heteroatoms. The summed E-state index contributed by atoms with van der Waals surface area (Å²) in [5, 5.41) is 7.14. The molecule has 148 valence electrons. The van der Waals surface area contributed by atoms with E-state index in [0.29, 0.717) is 10.7 Å². The van der Waals surface area contributed by atoms with Crippen LogP contribution in [0.15, 0.2) is 72.8 Å². The Morgan fingerprint density at radius 3 is 2.31 bits per heavy atom. The molecule has 0 aliphatic rings. The zero-order valence-corrected chi connectivity index (χ0v) is 17.5. The molecule has 3 aromatic carbocycles. The fourth-order valence-electron chi connectivity index (χ4n) is 3.29. The highest BCUT2D eigenvalue weighted by molar-refractivity contribution is 7.80. The average Bonchev–Trinajstić information content (AvgIpc) is 2.74. The highest BCUT2D eigenvalue weighted by Crippen LogP contribution is 2.25. The Kier molecular flexibility index (Phi) is 6.62. The summed E-state index contributed by atoms with van der Waals surface area (Å²) in [5.41, 5.74) is 5.52. The van der Waals surface area contributed by atoms with Crippen LogP contribution in [0.2, 0.25) is 0 Å². The lowest BCUT2D eigenvalue weighted by molar-refractivity contribution is 0.0600. The minimum absolute atomic E-state index is 0.0958. The van der Waals surface area contributed by atoms with E-state index in [2.05, 4.69) is 41.8 Å². The van der Waals surface area contributed by atoms with E-state index in [1.165, 1.54) is 12.7 Å². The second-order valence-corrected chi connectivity index (χ2v) is 7.18. The van der Waals surface area contributed by atoms with E-state index in [1.54, 1.807) is 12.1 Å². The van der Waals surface area contributed by atoms with Crippen molar-refractivity contribution < 1.29 is 9.53 Å². The van der Waals surface area contributed by atoms with E-state index in [-0.39, 0.29) is 12.0 Å². The average molecular weight is 405 g/mol.